The molecule has 4 aromatic rings. The first-order valence-corrected chi connectivity index (χ1v) is 13.8. The van der Waals surface area contributed by atoms with Gasteiger partial charge in [0.1, 0.15) is 11.4 Å². The largest absolute Gasteiger partial charge is 0.494 e. The number of benzene rings is 2. The summed E-state index contributed by atoms with van der Waals surface area (Å²) in [5, 5.41) is 16.2. The van der Waals surface area contributed by atoms with Crippen molar-refractivity contribution in [1.29, 1.82) is 0 Å². The van der Waals surface area contributed by atoms with Crippen LogP contribution in [0.2, 0.25) is 0 Å². The van der Waals surface area contributed by atoms with Crippen LogP contribution in [0, 0.1) is 13.8 Å². The summed E-state index contributed by atoms with van der Waals surface area (Å²) in [6, 6.07) is 9.89. The highest BCUT2D eigenvalue weighted by molar-refractivity contribution is 6.05. The zero-order chi connectivity index (χ0) is 28.6. The molecule has 0 aliphatic carbocycles. The Morgan fingerprint density at radius 1 is 1.10 bits per heavy atom. The predicted octanol–water partition coefficient (Wildman–Crippen LogP) is 5.44. The third-order valence-electron chi connectivity index (χ3n) is 7.80. The predicted molar refractivity (Wildman–Crippen MR) is 157 cm³/mol. The molecule has 1 saturated heterocycles. The van der Waals surface area contributed by atoms with Gasteiger partial charge in [-0.25, -0.2) is 4.68 Å². The molecule has 1 N–H and O–H groups in total. The standard InChI is InChI=1S/C31H39N7O2/c1-20-10-11-22(15-28(20)38-19-27(34-35-38)25-17-32-36(6)21(25)2)30(39)33-26-16-24(31(3,4)5)14-23(29(26)40-7)18-37-12-8-9-13-37/h10-11,14-17,19H,8-9,12-13,18H2,1-7H3,(H,33,39). The van der Waals surface area contributed by atoms with Gasteiger partial charge >= 0.3 is 0 Å². The van der Waals surface area contributed by atoms with Gasteiger partial charge in [-0.15, -0.1) is 5.10 Å². The molecule has 2 aromatic heterocycles. The first-order valence-electron chi connectivity index (χ1n) is 13.8. The average Bonchev–Trinajstić information content (AvgIpc) is 3.67. The molecular formula is C31H39N7O2. The molecule has 2 aromatic carbocycles. The lowest BCUT2D eigenvalue weighted by Gasteiger charge is -2.25. The lowest BCUT2D eigenvalue weighted by Crippen LogP contribution is -2.21. The SMILES string of the molecule is COc1c(CN2CCCC2)cc(C(C)(C)C)cc1NC(=O)c1ccc(C)c(-n2cc(-c3cnn(C)c3C)nn2)c1. The summed E-state index contributed by atoms with van der Waals surface area (Å²) in [4.78, 5) is 16.1. The second-order valence-corrected chi connectivity index (χ2v) is 11.7. The van der Waals surface area contributed by atoms with E-state index in [4.69, 9.17) is 4.74 Å². The molecule has 0 unspecified atom stereocenters. The van der Waals surface area contributed by atoms with Crippen molar-refractivity contribution in [1.82, 2.24) is 29.7 Å². The summed E-state index contributed by atoms with van der Waals surface area (Å²) in [6.07, 6.45) is 6.09. The van der Waals surface area contributed by atoms with Gasteiger partial charge in [-0.05, 0) is 74.5 Å². The van der Waals surface area contributed by atoms with Gasteiger partial charge in [0, 0.05) is 36.0 Å². The van der Waals surface area contributed by atoms with Gasteiger partial charge in [0.2, 0.25) is 0 Å². The van der Waals surface area contributed by atoms with Crippen molar-refractivity contribution >= 4 is 11.6 Å². The summed E-state index contributed by atoms with van der Waals surface area (Å²) in [6.45, 7) is 13.5. The first-order chi connectivity index (χ1) is 19.0. The van der Waals surface area contributed by atoms with Crippen molar-refractivity contribution in [3.05, 3.63) is 70.7 Å². The molecular weight excluding hydrogens is 502 g/mol. The zero-order valence-electron chi connectivity index (χ0n) is 24.6. The fourth-order valence-electron chi connectivity index (χ4n) is 5.20. The third-order valence-corrected chi connectivity index (χ3v) is 7.80. The number of rotatable bonds is 7. The number of aromatic nitrogens is 5. The lowest BCUT2D eigenvalue weighted by atomic mass is 9.85. The number of anilines is 1. The Hall–Kier alpha value is -3.98. The van der Waals surface area contributed by atoms with Crippen molar-refractivity contribution < 1.29 is 9.53 Å². The molecule has 0 radical (unpaired) electrons. The van der Waals surface area contributed by atoms with Crippen molar-refractivity contribution in [2.45, 2.75) is 59.4 Å². The maximum Gasteiger partial charge on any atom is 0.255 e. The van der Waals surface area contributed by atoms with E-state index >= 15 is 0 Å². The topological polar surface area (TPSA) is 90.1 Å². The van der Waals surface area contributed by atoms with Crippen LogP contribution in [-0.2, 0) is 19.0 Å². The summed E-state index contributed by atoms with van der Waals surface area (Å²) >= 11 is 0. The number of carbonyl (C=O) groups is 1. The Morgan fingerprint density at radius 2 is 1.85 bits per heavy atom. The second kappa shape index (κ2) is 10.9. The van der Waals surface area contributed by atoms with E-state index in [9.17, 15) is 4.79 Å². The Morgan fingerprint density at radius 3 is 2.50 bits per heavy atom. The van der Waals surface area contributed by atoms with Gasteiger partial charge in [-0.1, -0.05) is 38.1 Å². The van der Waals surface area contributed by atoms with Gasteiger partial charge in [0.15, 0.2) is 0 Å². The molecule has 0 spiro atoms. The molecule has 210 valence electrons. The Kier molecular flexibility index (Phi) is 7.51. The Balaban J connectivity index is 1.46. The van der Waals surface area contributed by atoms with E-state index in [-0.39, 0.29) is 11.3 Å². The zero-order valence-corrected chi connectivity index (χ0v) is 24.6. The number of nitrogens with one attached hydrogen (secondary N) is 1. The summed E-state index contributed by atoms with van der Waals surface area (Å²) in [5.41, 5.74) is 7.82. The number of ether oxygens (including phenoxy) is 1. The lowest BCUT2D eigenvalue weighted by molar-refractivity contribution is 0.102. The normalized spacial score (nSPS) is 14.1. The van der Waals surface area contributed by atoms with Crippen LogP contribution in [0.4, 0.5) is 5.69 Å². The highest BCUT2D eigenvalue weighted by Gasteiger charge is 2.23. The van der Waals surface area contributed by atoms with Crippen LogP contribution in [0.15, 0.2) is 42.7 Å². The van der Waals surface area contributed by atoms with Gasteiger partial charge in [0.05, 0.1) is 30.9 Å². The Labute approximate surface area is 236 Å². The highest BCUT2D eigenvalue weighted by atomic mass is 16.5. The molecule has 1 aliphatic rings. The highest BCUT2D eigenvalue weighted by Crippen LogP contribution is 2.37. The van der Waals surface area contributed by atoms with Gasteiger partial charge < -0.3 is 10.1 Å². The molecule has 3 heterocycles. The maximum absolute atomic E-state index is 13.6. The molecule has 0 bridgehead atoms. The van der Waals surface area contributed by atoms with Crippen LogP contribution >= 0.6 is 0 Å². The van der Waals surface area contributed by atoms with Crippen molar-refractivity contribution in [3.63, 3.8) is 0 Å². The maximum atomic E-state index is 13.6. The molecule has 0 atom stereocenters. The molecule has 40 heavy (non-hydrogen) atoms. The molecule has 1 aliphatic heterocycles. The Bertz CT molecular complexity index is 1540. The number of amides is 1. The van der Waals surface area contributed by atoms with Crippen molar-refractivity contribution in [2.75, 3.05) is 25.5 Å². The average molecular weight is 542 g/mol. The number of carbonyl (C=O) groups excluding carboxylic acids is 1. The fourth-order valence-corrected chi connectivity index (χ4v) is 5.20. The van der Waals surface area contributed by atoms with Gasteiger partial charge in [-0.3, -0.25) is 14.4 Å². The van der Waals surface area contributed by atoms with Crippen molar-refractivity contribution in [3.8, 4) is 22.7 Å². The molecule has 9 nitrogen and oxygen atoms in total. The second-order valence-electron chi connectivity index (χ2n) is 11.7. The summed E-state index contributed by atoms with van der Waals surface area (Å²) < 4.78 is 9.41. The molecule has 0 saturated carbocycles. The number of likely N-dealkylation sites (tertiary alicyclic amines) is 1. The molecule has 9 heteroatoms. The fraction of sp³-hybridized carbons (Fsp3) is 0.419. The number of hydrogen-bond acceptors (Lipinski definition) is 6. The quantitative estimate of drug-likeness (QED) is 0.335. The number of nitrogens with zero attached hydrogens (tertiary/aromatic N) is 6. The van der Waals surface area contributed by atoms with Crippen LogP contribution in [-0.4, -0.2) is 55.8 Å². The molecule has 1 amide bonds. The molecule has 5 rings (SSSR count). The van der Waals surface area contributed by atoms with E-state index in [1.165, 1.54) is 12.8 Å². The van der Waals surface area contributed by atoms with E-state index in [2.05, 4.69) is 52.5 Å². The van der Waals surface area contributed by atoms with E-state index < -0.39 is 0 Å². The van der Waals surface area contributed by atoms with Gasteiger partial charge in [-0.2, -0.15) is 5.10 Å². The minimum atomic E-state index is -0.207. The minimum absolute atomic E-state index is 0.0834. The summed E-state index contributed by atoms with van der Waals surface area (Å²) in [5.74, 6) is 0.509. The number of methoxy groups -OCH3 is 1. The number of aryl methyl sites for hydroxylation is 2. The number of hydrogen-bond donors (Lipinski definition) is 1. The van der Waals surface area contributed by atoms with E-state index in [0.717, 1.165) is 59.0 Å². The van der Waals surface area contributed by atoms with E-state index in [1.807, 2.05) is 56.0 Å². The van der Waals surface area contributed by atoms with Crippen LogP contribution in [0.1, 0.15) is 66.4 Å². The smallest absolute Gasteiger partial charge is 0.255 e. The van der Waals surface area contributed by atoms with Crippen LogP contribution in [0.25, 0.3) is 16.9 Å². The monoisotopic (exact) mass is 541 g/mol. The van der Waals surface area contributed by atoms with Gasteiger partial charge in [0.25, 0.3) is 5.91 Å². The van der Waals surface area contributed by atoms with Crippen molar-refractivity contribution in [2.24, 2.45) is 7.05 Å². The van der Waals surface area contributed by atoms with Crippen LogP contribution in [0.3, 0.4) is 0 Å². The first kappa shape index (κ1) is 27.6. The van der Waals surface area contributed by atoms with Crippen LogP contribution in [0.5, 0.6) is 5.75 Å². The van der Waals surface area contributed by atoms with E-state index in [1.54, 1.807) is 18.0 Å². The van der Waals surface area contributed by atoms with Crippen LogP contribution < -0.4 is 10.1 Å². The minimum Gasteiger partial charge on any atom is -0.494 e. The third kappa shape index (κ3) is 5.51. The summed E-state index contributed by atoms with van der Waals surface area (Å²) in [7, 11) is 3.57. The van der Waals surface area contributed by atoms with E-state index in [0.29, 0.717) is 17.0 Å². The molecule has 1 fully saturated rings.